The Morgan fingerprint density at radius 1 is 0.636 bits per heavy atom. The Kier molecular flexibility index (Phi) is 20.1. The van der Waals surface area contributed by atoms with Crippen LogP contribution in [-0.4, -0.2) is 85.3 Å². The van der Waals surface area contributed by atoms with Crippen LogP contribution in [0.2, 0.25) is 0 Å². The Morgan fingerprint density at radius 2 is 1.03 bits per heavy atom. The van der Waals surface area contributed by atoms with Crippen molar-refractivity contribution in [2.24, 2.45) is 9.98 Å². The zero-order chi connectivity index (χ0) is 23.3. The van der Waals surface area contributed by atoms with Crippen molar-refractivity contribution in [2.75, 3.05) is 52.5 Å². The molecule has 2 aromatic carbocycles. The summed E-state index contributed by atoms with van der Waals surface area (Å²) in [6.07, 6.45) is 5.07. The maximum Gasteiger partial charge on any atom is 2.00 e. The molecule has 0 heterocycles. The number of phenols is 2. The Balaban J connectivity index is 0.000000602. The smallest absolute Gasteiger partial charge is 0.660 e. The third-order valence-corrected chi connectivity index (χ3v) is 4.06. The molecule has 33 heavy (non-hydrogen) atoms. The molecule has 8 nitrogen and oxygen atoms in total. The van der Waals surface area contributed by atoms with Gasteiger partial charge in [-0.15, -0.1) is 26.2 Å². The largest absolute Gasteiger partial charge is 2.00 e. The van der Waals surface area contributed by atoms with Gasteiger partial charge in [-0.05, 0) is 24.3 Å². The van der Waals surface area contributed by atoms with Gasteiger partial charge in [-0.25, -0.2) is 0 Å². The zero-order valence-corrected chi connectivity index (χ0v) is 19.8. The van der Waals surface area contributed by atoms with Crippen LogP contribution < -0.4 is 0 Å². The van der Waals surface area contributed by atoms with Gasteiger partial charge in [0.2, 0.25) is 0 Å². The second kappa shape index (κ2) is 21.6. The zero-order valence-electron chi connectivity index (χ0n) is 18.8. The van der Waals surface area contributed by atoms with Gasteiger partial charge in [-0.2, -0.15) is 0 Å². The molecule has 0 unspecified atom stereocenters. The van der Waals surface area contributed by atoms with Crippen LogP contribution >= 0.6 is 0 Å². The summed E-state index contributed by atoms with van der Waals surface area (Å²) < 4.78 is 0. The molecule has 0 amide bonds. The third-order valence-electron chi connectivity index (χ3n) is 4.06. The Hall–Kier alpha value is -2.27. The number of aliphatic hydroxyl groups excluding tert-OH is 2. The van der Waals surface area contributed by atoms with E-state index in [1.807, 2.05) is 24.3 Å². The summed E-state index contributed by atoms with van der Waals surface area (Å²) in [5.41, 5.74) is 1.46. The first-order valence-electron chi connectivity index (χ1n) is 10.7. The summed E-state index contributed by atoms with van der Waals surface area (Å²) in [7, 11) is 0. The monoisotopic (exact) mass is 501 g/mol. The molecule has 0 fully saturated rings. The van der Waals surface area contributed by atoms with Crippen LogP contribution in [0.3, 0.4) is 0 Å². The maximum absolute atomic E-state index is 9.45. The topological polar surface area (TPSA) is 134 Å². The number of aliphatic hydroxyl groups is 2. The minimum Gasteiger partial charge on any atom is -0.660 e. The van der Waals surface area contributed by atoms with Crippen LogP contribution in [0, 0.1) is 0 Å². The molecule has 0 aromatic heterocycles. The van der Waals surface area contributed by atoms with Crippen molar-refractivity contribution in [1.29, 1.82) is 0 Å². The SMILES string of the molecule is OCC[N-]CCCN=Cc1ccccc1O.OCC[N-]CCCN=Cc1ccccc1O.[Co+2]. The molecule has 0 aliphatic heterocycles. The first-order chi connectivity index (χ1) is 15.7. The van der Waals surface area contributed by atoms with E-state index in [9.17, 15) is 10.2 Å². The summed E-state index contributed by atoms with van der Waals surface area (Å²) in [5, 5.41) is 44.0. The minimum atomic E-state index is 0. The number of hydrogen-bond donors (Lipinski definition) is 4. The van der Waals surface area contributed by atoms with Crippen LogP contribution in [0.1, 0.15) is 24.0 Å². The van der Waals surface area contributed by atoms with E-state index in [0.29, 0.717) is 26.2 Å². The maximum atomic E-state index is 9.45. The van der Waals surface area contributed by atoms with E-state index >= 15 is 0 Å². The molecule has 0 bridgehead atoms. The van der Waals surface area contributed by atoms with Crippen LogP contribution in [0.4, 0.5) is 0 Å². The molecular weight excluding hydrogens is 467 g/mol. The Morgan fingerprint density at radius 3 is 1.39 bits per heavy atom. The number of aromatic hydroxyl groups is 2. The van der Waals surface area contributed by atoms with Crippen LogP contribution in [0.5, 0.6) is 11.5 Å². The van der Waals surface area contributed by atoms with E-state index in [1.165, 1.54) is 0 Å². The molecule has 0 saturated carbocycles. The standard InChI is InChI=1S/2C12H17N2O2.Co/c2*15-9-8-13-6-3-7-14-10-11-4-1-2-5-12(11)16;/h2*1-2,4-5,10,15-16H,3,6-9H2;/q2*-1;+2. The molecule has 0 aliphatic rings. The number of nitrogens with zero attached hydrogens (tertiary/aromatic N) is 4. The molecule has 0 aliphatic carbocycles. The normalized spacial score (nSPS) is 10.7. The third kappa shape index (κ3) is 16.1. The first-order valence-corrected chi connectivity index (χ1v) is 10.7. The summed E-state index contributed by atoms with van der Waals surface area (Å²) in [6, 6.07) is 14.2. The van der Waals surface area contributed by atoms with Crippen LogP contribution in [-0.2, 0) is 16.8 Å². The second-order valence-corrected chi connectivity index (χ2v) is 6.68. The Bertz CT molecular complexity index is 725. The average Bonchev–Trinajstić information content (AvgIpc) is 2.80. The van der Waals surface area contributed by atoms with Gasteiger partial charge in [0.25, 0.3) is 0 Å². The number of benzene rings is 2. The molecule has 2 aromatic rings. The van der Waals surface area contributed by atoms with Gasteiger partial charge in [0.1, 0.15) is 11.5 Å². The number of phenolic OH excluding ortho intramolecular Hbond substituents is 2. The molecule has 1 radical (unpaired) electrons. The predicted octanol–water partition coefficient (Wildman–Crippen LogP) is 3.13. The van der Waals surface area contributed by atoms with E-state index in [-0.39, 0.29) is 41.5 Å². The van der Waals surface area contributed by atoms with E-state index < -0.39 is 0 Å². The van der Waals surface area contributed by atoms with Gasteiger partial charge in [0, 0.05) is 49.9 Å². The summed E-state index contributed by atoms with van der Waals surface area (Å²) in [4.78, 5) is 8.39. The fourth-order valence-electron chi connectivity index (χ4n) is 2.43. The quantitative estimate of drug-likeness (QED) is 0.234. The first kappa shape index (κ1) is 30.7. The van der Waals surface area contributed by atoms with Crippen LogP contribution in [0.15, 0.2) is 58.5 Å². The van der Waals surface area contributed by atoms with Gasteiger partial charge in [0.15, 0.2) is 0 Å². The van der Waals surface area contributed by atoms with Gasteiger partial charge in [0.05, 0.1) is 0 Å². The minimum absolute atomic E-state index is 0. The van der Waals surface area contributed by atoms with E-state index in [1.54, 1.807) is 36.7 Å². The molecule has 9 heteroatoms. The Labute approximate surface area is 206 Å². The van der Waals surface area contributed by atoms with Crippen molar-refractivity contribution in [2.45, 2.75) is 12.8 Å². The fourth-order valence-corrected chi connectivity index (χ4v) is 2.43. The van der Waals surface area contributed by atoms with Crippen molar-refractivity contribution in [3.05, 3.63) is 70.3 Å². The van der Waals surface area contributed by atoms with Crippen molar-refractivity contribution < 1.29 is 37.2 Å². The molecule has 0 saturated heterocycles. The van der Waals surface area contributed by atoms with E-state index in [0.717, 1.165) is 37.1 Å². The van der Waals surface area contributed by atoms with Crippen LogP contribution in [0.25, 0.3) is 10.6 Å². The number of hydrogen-bond acceptors (Lipinski definition) is 6. The predicted molar refractivity (Wildman–Crippen MR) is 131 cm³/mol. The second-order valence-electron chi connectivity index (χ2n) is 6.68. The van der Waals surface area contributed by atoms with Crippen molar-refractivity contribution in [1.82, 2.24) is 0 Å². The van der Waals surface area contributed by atoms with Crippen molar-refractivity contribution in [3.63, 3.8) is 0 Å². The number of rotatable bonds is 14. The van der Waals surface area contributed by atoms with E-state index in [2.05, 4.69) is 20.6 Å². The average molecular weight is 501 g/mol. The summed E-state index contributed by atoms with van der Waals surface area (Å²) in [5.74, 6) is 0.493. The molecule has 0 atom stereocenters. The van der Waals surface area contributed by atoms with E-state index in [4.69, 9.17) is 10.2 Å². The van der Waals surface area contributed by atoms with Gasteiger partial charge < -0.3 is 31.1 Å². The van der Waals surface area contributed by atoms with Gasteiger partial charge >= 0.3 is 16.8 Å². The van der Waals surface area contributed by atoms with Gasteiger partial charge in [-0.1, -0.05) is 37.1 Å². The molecule has 4 N–H and O–H groups in total. The molecule has 183 valence electrons. The van der Waals surface area contributed by atoms with Crippen molar-refractivity contribution in [3.8, 4) is 11.5 Å². The number of aliphatic imine (C=N–C) groups is 2. The summed E-state index contributed by atoms with van der Waals surface area (Å²) >= 11 is 0. The van der Waals surface area contributed by atoms with Crippen molar-refractivity contribution >= 4 is 12.4 Å². The van der Waals surface area contributed by atoms with Gasteiger partial charge in [-0.3, -0.25) is 9.98 Å². The molecule has 2 rings (SSSR count). The summed E-state index contributed by atoms with van der Waals surface area (Å²) in [6.45, 7) is 4.04. The molecular formula is C24H34CoN4O4. The molecule has 0 spiro atoms. The number of para-hydroxylation sites is 2. The fraction of sp³-hybridized carbons (Fsp3) is 0.417.